The first-order valence-electron chi connectivity index (χ1n) is 6.94. The Balaban J connectivity index is 1.93. The predicted octanol–water partition coefficient (Wildman–Crippen LogP) is 2.57. The van der Waals surface area contributed by atoms with Crippen molar-refractivity contribution in [3.05, 3.63) is 53.9 Å². The van der Waals surface area contributed by atoms with Crippen molar-refractivity contribution in [3.8, 4) is 5.69 Å². The van der Waals surface area contributed by atoms with Gasteiger partial charge >= 0.3 is 5.97 Å². The average Bonchev–Trinajstić information content (AvgIpc) is 2.88. The van der Waals surface area contributed by atoms with Crippen LogP contribution < -0.4 is 5.32 Å². The number of aromatic nitrogens is 1. The fourth-order valence-electron chi connectivity index (χ4n) is 2.69. The number of carbonyl (C=O) groups is 1. The Morgan fingerprint density at radius 1 is 1.35 bits per heavy atom. The van der Waals surface area contributed by atoms with Crippen molar-refractivity contribution in [3.63, 3.8) is 0 Å². The summed E-state index contributed by atoms with van der Waals surface area (Å²) in [6.45, 7) is 3.01. The van der Waals surface area contributed by atoms with E-state index in [1.54, 1.807) is 0 Å². The van der Waals surface area contributed by atoms with Crippen molar-refractivity contribution in [2.45, 2.75) is 25.9 Å². The Kier molecular flexibility index (Phi) is 3.56. The molecule has 20 heavy (non-hydrogen) atoms. The minimum Gasteiger partial charge on any atom is -0.466 e. The zero-order valence-corrected chi connectivity index (χ0v) is 11.5. The molecule has 1 atom stereocenters. The number of benzene rings is 1. The van der Waals surface area contributed by atoms with Crippen LogP contribution in [0.4, 0.5) is 0 Å². The number of hydrogen-bond donors (Lipinski definition) is 1. The van der Waals surface area contributed by atoms with Gasteiger partial charge in [-0.3, -0.25) is 4.79 Å². The molecule has 2 heterocycles. The molecule has 0 radical (unpaired) electrons. The molecule has 0 aliphatic carbocycles. The number of carbonyl (C=O) groups excluding carboxylic acids is 1. The maximum absolute atomic E-state index is 11.8. The van der Waals surface area contributed by atoms with E-state index in [0.717, 1.165) is 12.2 Å². The lowest BCUT2D eigenvalue weighted by atomic mass is 10.1. The van der Waals surface area contributed by atoms with Crippen LogP contribution in [0.2, 0.25) is 0 Å². The fourth-order valence-corrected chi connectivity index (χ4v) is 2.69. The molecule has 0 saturated carbocycles. The Hall–Kier alpha value is -2.07. The summed E-state index contributed by atoms with van der Waals surface area (Å²) in [5, 5.41) is 3.45. The van der Waals surface area contributed by atoms with Crippen LogP contribution in [0.3, 0.4) is 0 Å². The highest BCUT2D eigenvalue weighted by molar-refractivity contribution is 5.70. The Morgan fingerprint density at radius 3 is 3.05 bits per heavy atom. The smallest absolute Gasteiger partial charge is 0.307 e. The third kappa shape index (κ3) is 2.34. The molecule has 0 saturated heterocycles. The molecule has 4 heteroatoms. The van der Waals surface area contributed by atoms with Gasteiger partial charge in [-0.15, -0.1) is 0 Å². The first-order valence-corrected chi connectivity index (χ1v) is 6.94. The standard InChI is InChI=1S/C16H18N2O2/c1-2-20-16(19)10-13-15-8-5-9-18(15)14-7-4-3-6-12(14)11-17-13/h3-9,13,17H,2,10-11H2,1H3/t13-/m0/s1. The lowest BCUT2D eigenvalue weighted by molar-refractivity contribution is -0.143. The second-order valence-corrected chi connectivity index (χ2v) is 4.87. The van der Waals surface area contributed by atoms with Gasteiger partial charge in [0.25, 0.3) is 0 Å². The van der Waals surface area contributed by atoms with Crippen LogP contribution in [0.25, 0.3) is 5.69 Å². The van der Waals surface area contributed by atoms with E-state index in [9.17, 15) is 4.79 Å². The van der Waals surface area contributed by atoms with Gasteiger partial charge in [0.15, 0.2) is 0 Å². The van der Waals surface area contributed by atoms with Crippen molar-refractivity contribution in [1.82, 2.24) is 9.88 Å². The zero-order valence-electron chi connectivity index (χ0n) is 11.5. The van der Waals surface area contributed by atoms with Crippen molar-refractivity contribution >= 4 is 5.97 Å². The first-order chi connectivity index (χ1) is 9.79. The Labute approximate surface area is 118 Å². The second-order valence-electron chi connectivity index (χ2n) is 4.87. The van der Waals surface area contributed by atoms with E-state index in [4.69, 9.17) is 4.74 Å². The lowest BCUT2D eigenvalue weighted by Gasteiger charge is -2.16. The molecule has 1 aromatic carbocycles. The van der Waals surface area contributed by atoms with Gasteiger partial charge in [-0.2, -0.15) is 0 Å². The number of esters is 1. The predicted molar refractivity (Wildman–Crippen MR) is 76.6 cm³/mol. The molecule has 0 bridgehead atoms. The average molecular weight is 270 g/mol. The number of nitrogens with one attached hydrogen (secondary N) is 1. The lowest BCUT2D eigenvalue weighted by Crippen LogP contribution is -2.24. The third-order valence-corrected chi connectivity index (χ3v) is 3.60. The van der Waals surface area contributed by atoms with E-state index < -0.39 is 0 Å². The molecule has 0 fully saturated rings. The molecule has 1 aromatic heterocycles. The fraction of sp³-hybridized carbons (Fsp3) is 0.312. The molecule has 2 aromatic rings. The number of fused-ring (bicyclic) bond motifs is 3. The summed E-state index contributed by atoms with van der Waals surface area (Å²) in [6.07, 6.45) is 2.39. The van der Waals surface area contributed by atoms with E-state index in [2.05, 4.69) is 28.1 Å². The minimum atomic E-state index is -0.163. The van der Waals surface area contributed by atoms with Crippen LogP contribution in [0.15, 0.2) is 42.6 Å². The summed E-state index contributed by atoms with van der Waals surface area (Å²) >= 11 is 0. The molecule has 0 spiro atoms. The highest BCUT2D eigenvalue weighted by Gasteiger charge is 2.23. The monoisotopic (exact) mass is 270 g/mol. The third-order valence-electron chi connectivity index (χ3n) is 3.60. The van der Waals surface area contributed by atoms with Crippen molar-refractivity contribution in [2.75, 3.05) is 6.61 Å². The maximum Gasteiger partial charge on any atom is 0.307 e. The van der Waals surface area contributed by atoms with Gasteiger partial charge in [-0.25, -0.2) is 0 Å². The minimum absolute atomic E-state index is 0.0172. The van der Waals surface area contributed by atoms with E-state index in [0.29, 0.717) is 13.0 Å². The van der Waals surface area contributed by atoms with Gasteiger partial charge < -0.3 is 14.6 Å². The van der Waals surface area contributed by atoms with E-state index in [1.807, 2.05) is 31.3 Å². The molecular weight excluding hydrogens is 252 g/mol. The summed E-state index contributed by atoms with van der Waals surface area (Å²) in [5.41, 5.74) is 3.51. The first kappa shape index (κ1) is 12.9. The molecule has 0 unspecified atom stereocenters. The van der Waals surface area contributed by atoms with Crippen LogP contribution in [-0.2, 0) is 16.1 Å². The van der Waals surface area contributed by atoms with Crippen molar-refractivity contribution in [2.24, 2.45) is 0 Å². The van der Waals surface area contributed by atoms with Crippen LogP contribution in [-0.4, -0.2) is 17.1 Å². The molecule has 3 rings (SSSR count). The quantitative estimate of drug-likeness (QED) is 0.872. The molecular formula is C16H18N2O2. The number of hydrogen-bond acceptors (Lipinski definition) is 3. The number of rotatable bonds is 3. The largest absolute Gasteiger partial charge is 0.466 e. The summed E-state index contributed by atoms with van der Waals surface area (Å²) in [5.74, 6) is -0.163. The summed E-state index contributed by atoms with van der Waals surface area (Å²) in [7, 11) is 0. The number of para-hydroxylation sites is 1. The summed E-state index contributed by atoms with van der Waals surface area (Å²) < 4.78 is 7.22. The molecule has 1 aliphatic heterocycles. The SMILES string of the molecule is CCOC(=O)C[C@@H]1NCc2ccccc2-n2cccc21. The van der Waals surface area contributed by atoms with E-state index in [-0.39, 0.29) is 12.0 Å². The normalized spacial score (nSPS) is 16.9. The number of nitrogens with zero attached hydrogens (tertiary/aromatic N) is 1. The molecule has 1 N–H and O–H groups in total. The van der Waals surface area contributed by atoms with Crippen molar-refractivity contribution in [1.29, 1.82) is 0 Å². The van der Waals surface area contributed by atoms with Crippen LogP contribution >= 0.6 is 0 Å². The molecule has 1 aliphatic rings. The molecule has 0 amide bonds. The Morgan fingerprint density at radius 2 is 2.20 bits per heavy atom. The molecule has 104 valence electrons. The highest BCUT2D eigenvalue weighted by atomic mass is 16.5. The summed E-state index contributed by atoms with van der Waals surface area (Å²) in [6, 6.07) is 12.3. The second kappa shape index (κ2) is 5.51. The van der Waals surface area contributed by atoms with Crippen LogP contribution in [0.1, 0.15) is 30.6 Å². The van der Waals surface area contributed by atoms with Gasteiger partial charge in [0.1, 0.15) is 0 Å². The highest BCUT2D eigenvalue weighted by Crippen LogP contribution is 2.28. The van der Waals surface area contributed by atoms with Crippen LogP contribution in [0, 0.1) is 0 Å². The maximum atomic E-state index is 11.8. The van der Waals surface area contributed by atoms with E-state index in [1.165, 1.54) is 11.3 Å². The van der Waals surface area contributed by atoms with Crippen molar-refractivity contribution < 1.29 is 9.53 Å². The van der Waals surface area contributed by atoms with Crippen LogP contribution in [0.5, 0.6) is 0 Å². The topological polar surface area (TPSA) is 43.3 Å². The number of ether oxygens (including phenoxy) is 1. The van der Waals surface area contributed by atoms with E-state index >= 15 is 0 Å². The van der Waals surface area contributed by atoms with Gasteiger partial charge in [0.2, 0.25) is 0 Å². The summed E-state index contributed by atoms with van der Waals surface area (Å²) in [4.78, 5) is 11.8. The van der Waals surface area contributed by atoms with Gasteiger partial charge in [0, 0.05) is 24.1 Å². The molecule has 4 nitrogen and oxygen atoms in total. The Bertz CT molecular complexity index is 618. The van der Waals surface area contributed by atoms with Gasteiger partial charge in [-0.05, 0) is 30.7 Å². The zero-order chi connectivity index (χ0) is 13.9. The van der Waals surface area contributed by atoms with Gasteiger partial charge in [0.05, 0.1) is 19.1 Å². The van der Waals surface area contributed by atoms with Gasteiger partial charge in [-0.1, -0.05) is 18.2 Å².